The summed E-state index contributed by atoms with van der Waals surface area (Å²) in [5.74, 6) is -0.727. The first-order valence-electron chi connectivity index (χ1n) is 8.40. The molecule has 0 spiro atoms. The second-order valence-electron chi connectivity index (χ2n) is 6.12. The quantitative estimate of drug-likeness (QED) is 0.719. The monoisotopic (exact) mass is 363 g/mol. The fourth-order valence-corrected chi connectivity index (χ4v) is 3.94. The molecule has 0 aliphatic carbocycles. The number of carbonyl (C=O) groups excluding carboxylic acids is 2. The van der Waals surface area contributed by atoms with Gasteiger partial charge in [0.05, 0.1) is 11.6 Å². The number of ether oxygens (including phenoxy) is 1. The minimum absolute atomic E-state index is 0.264. The van der Waals surface area contributed by atoms with Gasteiger partial charge in [0.15, 0.2) is 6.10 Å². The van der Waals surface area contributed by atoms with Gasteiger partial charge in [-0.25, -0.2) is 4.79 Å². The number of thiophene rings is 1. The van der Waals surface area contributed by atoms with Gasteiger partial charge in [-0.2, -0.15) is 0 Å². The topological polar surface area (TPSA) is 55.4 Å². The maximum Gasteiger partial charge on any atom is 0.339 e. The zero-order valence-electron chi connectivity index (χ0n) is 13.9. The number of amides is 1. The van der Waals surface area contributed by atoms with Gasteiger partial charge in [0.2, 0.25) is 0 Å². The van der Waals surface area contributed by atoms with Gasteiger partial charge in [0.25, 0.3) is 5.91 Å². The minimum Gasteiger partial charge on any atom is -0.448 e. The molecular weight excluding hydrogens is 346 g/mol. The van der Waals surface area contributed by atoms with Crippen LogP contribution >= 0.6 is 11.3 Å². The summed E-state index contributed by atoms with van der Waals surface area (Å²) in [6, 6.07) is 20.7. The van der Waals surface area contributed by atoms with Crippen molar-refractivity contribution in [1.82, 2.24) is 5.32 Å². The van der Waals surface area contributed by atoms with E-state index < -0.39 is 12.1 Å². The van der Waals surface area contributed by atoms with Gasteiger partial charge in [-0.1, -0.05) is 54.6 Å². The lowest BCUT2D eigenvalue weighted by Gasteiger charge is -2.26. The van der Waals surface area contributed by atoms with Crippen LogP contribution in [0.3, 0.4) is 0 Å². The maximum atomic E-state index is 12.8. The summed E-state index contributed by atoms with van der Waals surface area (Å²) in [4.78, 5) is 26.1. The Labute approximate surface area is 155 Å². The third-order valence-electron chi connectivity index (χ3n) is 4.43. The number of rotatable bonds is 4. The van der Waals surface area contributed by atoms with Gasteiger partial charge in [0, 0.05) is 11.3 Å². The molecule has 0 saturated carbocycles. The van der Waals surface area contributed by atoms with Crippen molar-refractivity contribution in [3.05, 3.63) is 93.7 Å². The van der Waals surface area contributed by atoms with E-state index in [4.69, 9.17) is 4.74 Å². The third kappa shape index (κ3) is 3.26. The van der Waals surface area contributed by atoms with E-state index in [0.717, 1.165) is 16.0 Å². The van der Waals surface area contributed by atoms with Crippen LogP contribution in [0, 0.1) is 0 Å². The lowest BCUT2D eigenvalue weighted by atomic mass is 9.97. The highest BCUT2D eigenvalue weighted by molar-refractivity contribution is 7.10. The summed E-state index contributed by atoms with van der Waals surface area (Å²) in [6.45, 7) is 0. The Morgan fingerprint density at radius 3 is 2.58 bits per heavy atom. The molecule has 0 fully saturated rings. The van der Waals surface area contributed by atoms with Crippen LogP contribution in [0.4, 0.5) is 0 Å². The second kappa shape index (κ2) is 7.14. The number of benzene rings is 2. The summed E-state index contributed by atoms with van der Waals surface area (Å²) >= 11 is 1.58. The lowest BCUT2D eigenvalue weighted by molar-refractivity contribution is -0.130. The summed E-state index contributed by atoms with van der Waals surface area (Å²) in [6.07, 6.45) is -0.428. The van der Waals surface area contributed by atoms with E-state index >= 15 is 0 Å². The van der Waals surface area contributed by atoms with Gasteiger partial charge in [-0.3, -0.25) is 4.79 Å². The van der Waals surface area contributed by atoms with Gasteiger partial charge >= 0.3 is 5.97 Å². The molecule has 3 aromatic rings. The molecule has 1 aliphatic heterocycles. The molecule has 2 unspecified atom stereocenters. The molecule has 2 aromatic carbocycles. The van der Waals surface area contributed by atoms with E-state index in [-0.39, 0.29) is 11.9 Å². The first-order chi connectivity index (χ1) is 12.7. The molecule has 1 aromatic heterocycles. The predicted molar refractivity (Wildman–Crippen MR) is 100 cm³/mol. The van der Waals surface area contributed by atoms with Crippen molar-refractivity contribution >= 4 is 23.2 Å². The number of fused-ring (bicyclic) bond motifs is 1. The van der Waals surface area contributed by atoms with E-state index in [1.807, 2.05) is 60.0 Å². The molecule has 4 rings (SSSR count). The standard InChI is InChI=1S/C21H17NO3S/c23-20(17-13-15-9-4-5-10-16(15)21(24)25-17)22-19(18-11-6-12-26-18)14-7-2-1-3-8-14/h1-12,17,19H,13H2,(H,22,23). The number of hydrogen-bond donors (Lipinski definition) is 1. The number of carbonyl (C=O) groups is 2. The molecule has 2 heterocycles. The zero-order chi connectivity index (χ0) is 17.9. The number of hydrogen-bond acceptors (Lipinski definition) is 4. The average Bonchev–Trinajstić information content (AvgIpc) is 3.21. The molecule has 1 N–H and O–H groups in total. The Bertz CT molecular complexity index is 921. The highest BCUT2D eigenvalue weighted by atomic mass is 32.1. The van der Waals surface area contributed by atoms with Crippen LogP contribution < -0.4 is 5.32 Å². The second-order valence-corrected chi connectivity index (χ2v) is 7.10. The van der Waals surface area contributed by atoms with Crippen LogP contribution in [-0.4, -0.2) is 18.0 Å². The van der Waals surface area contributed by atoms with Crippen molar-refractivity contribution in [2.24, 2.45) is 0 Å². The fourth-order valence-electron chi connectivity index (χ4n) is 3.13. The van der Waals surface area contributed by atoms with Crippen LogP contribution in [0.5, 0.6) is 0 Å². The van der Waals surface area contributed by atoms with E-state index in [2.05, 4.69) is 5.32 Å². The summed E-state index contributed by atoms with van der Waals surface area (Å²) in [7, 11) is 0. The number of cyclic esters (lactones) is 1. The normalized spacial score (nSPS) is 17.1. The Morgan fingerprint density at radius 1 is 1.04 bits per heavy atom. The van der Waals surface area contributed by atoms with Gasteiger partial charge < -0.3 is 10.1 Å². The average molecular weight is 363 g/mol. The Hall–Kier alpha value is -2.92. The van der Waals surface area contributed by atoms with Gasteiger partial charge in [-0.05, 0) is 28.6 Å². The van der Waals surface area contributed by atoms with E-state index in [1.165, 1.54) is 0 Å². The maximum absolute atomic E-state index is 12.8. The molecule has 26 heavy (non-hydrogen) atoms. The molecule has 1 amide bonds. The van der Waals surface area contributed by atoms with Crippen LogP contribution in [0.15, 0.2) is 72.1 Å². The first-order valence-corrected chi connectivity index (χ1v) is 9.28. The van der Waals surface area contributed by atoms with Crippen molar-refractivity contribution in [3.63, 3.8) is 0 Å². The summed E-state index contributed by atoms with van der Waals surface area (Å²) in [5, 5.41) is 5.03. The van der Waals surface area contributed by atoms with Crippen molar-refractivity contribution in [2.75, 3.05) is 0 Å². The molecule has 4 nitrogen and oxygen atoms in total. The number of nitrogens with one attached hydrogen (secondary N) is 1. The van der Waals surface area contributed by atoms with Crippen LogP contribution in [-0.2, 0) is 16.0 Å². The molecule has 130 valence electrons. The molecular formula is C21H17NO3S. The van der Waals surface area contributed by atoms with Crippen molar-refractivity contribution in [3.8, 4) is 0 Å². The predicted octanol–water partition coefficient (Wildman–Crippen LogP) is 3.74. The molecule has 2 atom stereocenters. The fraction of sp³-hybridized carbons (Fsp3) is 0.143. The third-order valence-corrected chi connectivity index (χ3v) is 5.37. The Balaban J connectivity index is 1.57. The molecule has 0 radical (unpaired) electrons. The highest BCUT2D eigenvalue weighted by Crippen LogP contribution is 2.27. The van der Waals surface area contributed by atoms with Crippen LogP contribution in [0.25, 0.3) is 0 Å². The smallest absolute Gasteiger partial charge is 0.339 e. The van der Waals surface area contributed by atoms with Crippen molar-refractivity contribution in [1.29, 1.82) is 0 Å². The van der Waals surface area contributed by atoms with Crippen LogP contribution in [0.1, 0.15) is 32.4 Å². The van der Waals surface area contributed by atoms with Crippen LogP contribution in [0.2, 0.25) is 0 Å². The molecule has 0 saturated heterocycles. The summed E-state index contributed by atoms with van der Waals surface area (Å²) in [5.41, 5.74) is 2.37. The SMILES string of the molecule is O=C1OC(C(=O)NC(c2ccccc2)c2cccs2)Cc2ccccc21. The Kier molecular flexibility index (Phi) is 4.54. The molecule has 5 heteroatoms. The largest absolute Gasteiger partial charge is 0.448 e. The zero-order valence-corrected chi connectivity index (χ0v) is 14.7. The Morgan fingerprint density at radius 2 is 1.81 bits per heavy atom. The minimum atomic E-state index is -0.816. The van der Waals surface area contributed by atoms with E-state index in [0.29, 0.717) is 12.0 Å². The first kappa shape index (κ1) is 16.5. The highest BCUT2D eigenvalue weighted by Gasteiger charge is 2.32. The van der Waals surface area contributed by atoms with Gasteiger partial charge in [0.1, 0.15) is 0 Å². The lowest BCUT2D eigenvalue weighted by Crippen LogP contribution is -2.43. The van der Waals surface area contributed by atoms with Gasteiger partial charge in [-0.15, -0.1) is 11.3 Å². The molecule has 1 aliphatic rings. The summed E-state index contributed by atoms with van der Waals surface area (Å²) < 4.78 is 5.38. The van der Waals surface area contributed by atoms with E-state index in [1.54, 1.807) is 23.5 Å². The molecule has 0 bridgehead atoms. The van der Waals surface area contributed by atoms with Crippen molar-refractivity contribution < 1.29 is 14.3 Å². The van der Waals surface area contributed by atoms with Crippen molar-refractivity contribution in [2.45, 2.75) is 18.6 Å². The number of esters is 1. The van der Waals surface area contributed by atoms with E-state index in [9.17, 15) is 9.59 Å².